The molecule has 1 atom stereocenters. The fourth-order valence-electron chi connectivity index (χ4n) is 2.72. The van der Waals surface area contributed by atoms with Gasteiger partial charge < -0.3 is 14.9 Å². The fourth-order valence-corrected chi connectivity index (χ4v) is 2.72. The van der Waals surface area contributed by atoms with Crippen LogP contribution in [0, 0.1) is 11.8 Å². The van der Waals surface area contributed by atoms with Crippen LogP contribution in [-0.4, -0.2) is 60.6 Å². The van der Waals surface area contributed by atoms with Crippen LogP contribution in [0.3, 0.4) is 0 Å². The molecule has 1 unspecified atom stereocenters. The van der Waals surface area contributed by atoms with Crippen LogP contribution >= 0.6 is 0 Å². The average Bonchev–Trinajstić information content (AvgIpc) is 2.51. The van der Waals surface area contributed by atoms with Gasteiger partial charge in [-0.15, -0.1) is 0 Å². The molecular formula is C17H22N2O2. The number of hydrogen-bond donors (Lipinski definition) is 1. The van der Waals surface area contributed by atoms with Crippen LogP contribution in [0.2, 0.25) is 0 Å². The quantitative estimate of drug-likeness (QED) is 0.831. The third-order valence-electron chi connectivity index (χ3n) is 3.93. The highest BCUT2D eigenvalue weighted by Crippen LogP contribution is 2.17. The number of rotatable bonds is 2. The van der Waals surface area contributed by atoms with Crippen molar-refractivity contribution in [3.05, 3.63) is 35.4 Å². The number of aliphatic hydroxyl groups excluding tert-OH is 1. The molecule has 1 aromatic carbocycles. The highest BCUT2D eigenvalue weighted by molar-refractivity contribution is 5.96. The average molecular weight is 286 g/mol. The summed E-state index contributed by atoms with van der Waals surface area (Å²) in [6, 6.07) is 7.56. The van der Waals surface area contributed by atoms with Gasteiger partial charge in [0.05, 0.1) is 5.56 Å². The SMILES string of the molecule is CN1CCCC(N(C)C(=O)c2ccccc2C#CCO)C1. The molecular weight excluding hydrogens is 264 g/mol. The largest absolute Gasteiger partial charge is 0.384 e. The highest BCUT2D eigenvalue weighted by atomic mass is 16.2. The van der Waals surface area contributed by atoms with E-state index in [1.165, 1.54) is 0 Å². The van der Waals surface area contributed by atoms with Crippen molar-refractivity contribution in [2.75, 3.05) is 33.8 Å². The smallest absolute Gasteiger partial charge is 0.255 e. The topological polar surface area (TPSA) is 43.8 Å². The molecule has 0 aromatic heterocycles. The molecule has 4 heteroatoms. The third kappa shape index (κ3) is 3.84. The van der Waals surface area contributed by atoms with E-state index in [0.29, 0.717) is 11.1 Å². The lowest BCUT2D eigenvalue weighted by Gasteiger charge is -2.36. The van der Waals surface area contributed by atoms with Gasteiger partial charge in [0.15, 0.2) is 0 Å². The Morgan fingerprint density at radius 3 is 2.95 bits per heavy atom. The minimum atomic E-state index is -0.203. The van der Waals surface area contributed by atoms with Crippen LogP contribution in [0.15, 0.2) is 24.3 Å². The van der Waals surface area contributed by atoms with Crippen molar-refractivity contribution >= 4 is 5.91 Å². The lowest BCUT2D eigenvalue weighted by atomic mass is 10.0. The summed E-state index contributed by atoms with van der Waals surface area (Å²) in [6.07, 6.45) is 2.15. The summed E-state index contributed by atoms with van der Waals surface area (Å²) >= 11 is 0. The number of carbonyl (C=O) groups excluding carboxylic acids is 1. The molecule has 1 heterocycles. The van der Waals surface area contributed by atoms with E-state index >= 15 is 0 Å². The van der Waals surface area contributed by atoms with Crippen LogP contribution in [-0.2, 0) is 0 Å². The van der Waals surface area contributed by atoms with Crippen molar-refractivity contribution in [2.24, 2.45) is 0 Å². The molecule has 0 saturated carbocycles. The summed E-state index contributed by atoms with van der Waals surface area (Å²) in [5, 5.41) is 8.82. The summed E-state index contributed by atoms with van der Waals surface area (Å²) < 4.78 is 0. The zero-order chi connectivity index (χ0) is 15.2. The molecule has 1 aliphatic rings. The van der Waals surface area contributed by atoms with Crippen molar-refractivity contribution in [1.29, 1.82) is 0 Å². The number of amides is 1. The first-order valence-electron chi connectivity index (χ1n) is 7.28. The molecule has 1 fully saturated rings. The highest BCUT2D eigenvalue weighted by Gasteiger charge is 2.25. The number of likely N-dealkylation sites (N-methyl/N-ethyl adjacent to an activating group) is 2. The number of carbonyl (C=O) groups is 1. The Balaban J connectivity index is 2.19. The molecule has 1 saturated heterocycles. The lowest BCUT2D eigenvalue weighted by molar-refractivity contribution is 0.0644. The van der Waals surface area contributed by atoms with Gasteiger partial charge >= 0.3 is 0 Å². The standard InChI is InChI=1S/C17H22N2O2/c1-18-11-5-9-15(13-18)19(2)17(21)16-10-4-3-7-14(16)8-6-12-20/h3-4,7,10,15,20H,5,9,11-13H2,1-2H3. The van der Waals surface area contributed by atoms with Crippen LogP contribution in [0.1, 0.15) is 28.8 Å². The maximum atomic E-state index is 12.7. The van der Waals surface area contributed by atoms with Gasteiger partial charge in [0.2, 0.25) is 0 Å². The van der Waals surface area contributed by atoms with Crippen LogP contribution < -0.4 is 0 Å². The minimum absolute atomic E-state index is 0.00172. The fraction of sp³-hybridized carbons (Fsp3) is 0.471. The third-order valence-corrected chi connectivity index (χ3v) is 3.93. The lowest BCUT2D eigenvalue weighted by Crippen LogP contribution is -2.47. The van der Waals surface area contributed by atoms with Gasteiger partial charge in [0.25, 0.3) is 5.91 Å². The summed E-state index contributed by atoms with van der Waals surface area (Å²) in [4.78, 5) is 16.8. The van der Waals surface area contributed by atoms with E-state index in [0.717, 1.165) is 25.9 Å². The zero-order valence-electron chi connectivity index (χ0n) is 12.7. The van der Waals surface area contributed by atoms with Crippen molar-refractivity contribution < 1.29 is 9.90 Å². The predicted octanol–water partition coefficient (Wildman–Crippen LogP) is 1.20. The minimum Gasteiger partial charge on any atom is -0.384 e. The molecule has 1 amide bonds. The monoisotopic (exact) mass is 286 g/mol. The van der Waals surface area contributed by atoms with Crippen LogP contribution in [0.4, 0.5) is 0 Å². The first-order chi connectivity index (χ1) is 10.1. The molecule has 21 heavy (non-hydrogen) atoms. The second kappa shape index (κ2) is 7.26. The van der Waals surface area contributed by atoms with E-state index in [1.54, 1.807) is 6.07 Å². The Morgan fingerprint density at radius 2 is 2.24 bits per heavy atom. The first-order valence-corrected chi connectivity index (χ1v) is 7.28. The Kier molecular flexibility index (Phi) is 5.38. The van der Waals surface area contributed by atoms with Crippen LogP contribution in [0.25, 0.3) is 0 Å². The molecule has 1 N–H and O–H groups in total. The van der Waals surface area contributed by atoms with E-state index < -0.39 is 0 Å². The van der Waals surface area contributed by atoms with E-state index in [1.807, 2.05) is 30.1 Å². The number of likely N-dealkylation sites (tertiary alicyclic amines) is 1. The maximum Gasteiger partial charge on any atom is 0.255 e. The summed E-state index contributed by atoms with van der Waals surface area (Å²) in [5.41, 5.74) is 1.28. The molecule has 0 aliphatic carbocycles. The summed E-state index contributed by atoms with van der Waals surface area (Å²) in [5.74, 6) is 5.46. The molecule has 0 radical (unpaired) electrons. The summed E-state index contributed by atoms with van der Waals surface area (Å²) in [7, 11) is 3.95. The van der Waals surface area contributed by atoms with E-state index in [4.69, 9.17) is 5.11 Å². The first kappa shape index (κ1) is 15.6. The van der Waals surface area contributed by atoms with Gasteiger partial charge in [-0.2, -0.15) is 0 Å². The summed E-state index contributed by atoms with van der Waals surface area (Å²) in [6.45, 7) is 1.80. The molecule has 0 bridgehead atoms. The van der Waals surface area contributed by atoms with E-state index in [9.17, 15) is 4.79 Å². The molecule has 4 nitrogen and oxygen atoms in total. The van der Waals surface area contributed by atoms with Gasteiger partial charge in [-0.05, 0) is 38.6 Å². The van der Waals surface area contributed by atoms with Gasteiger partial charge in [-0.1, -0.05) is 24.0 Å². The Morgan fingerprint density at radius 1 is 1.48 bits per heavy atom. The van der Waals surface area contributed by atoms with Gasteiger partial charge in [0.1, 0.15) is 6.61 Å². The molecule has 1 aliphatic heterocycles. The zero-order valence-corrected chi connectivity index (χ0v) is 12.7. The number of nitrogens with zero attached hydrogens (tertiary/aromatic N) is 2. The number of aliphatic hydroxyl groups is 1. The van der Waals surface area contributed by atoms with E-state index in [-0.39, 0.29) is 18.6 Å². The number of hydrogen-bond acceptors (Lipinski definition) is 3. The van der Waals surface area contributed by atoms with E-state index in [2.05, 4.69) is 23.8 Å². The van der Waals surface area contributed by atoms with Crippen molar-refractivity contribution in [3.8, 4) is 11.8 Å². The Labute approximate surface area is 126 Å². The van der Waals surface area contributed by atoms with Crippen molar-refractivity contribution in [1.82, 2.24) is 9.80 Å². The van der Waals surface area contributed by atoms with Gasteiger partial charge in [0, 0.05) is 25.2 Å². The predicted molar refractivity (Wildman–Crippen MR) is 83.0 cm³/mol. The van der Waals surface area contributed by atoms with Gasteiger partial charge in [-0.3, -0.25) is 4.79 Å². The van der Waals surface area contributed by atoms with Crippen LogP contribution in [0.5, 0.6) is 0 Å². The Hall–Kier alpha value is -1.83. The normalized spacial score (nSPS) is 18.7. The second-order valence-corrected chi connectivity index (χ2v) is 5.48. The molecule has 1 aromatic rings. The maximum absolute atomic E-state index is 12.7. The number of piperidine rings is 1. The molecule has 0 spiro atoms. The Bertz CT molecular complexity index is 559. The molecule has 2 rings (SSSR count). The number of benzene rings is 1. The van der Waals surface area contributed by atoms with Gasteiger partial charge in [-0.25, -0.2) is 0 Å². The second-order valence-electron chi connectivity index (χ2n) is 5.48. The van der Waals surface area contributed by atoms with Crippen molar-refractivity contribution in [2.45, 2.75) is 18.9 Å². The molecule has 112 valence electrons. The van der Waals surface area contributed by atoms with Crippen molar-refractivity contribution in [3.63, 3.8) is 0 Å².